The van der Waals surface area contributed by atoms with Gasteiger partial charge >= 0.3 is 0 Å². The first-order chi connectivity index (χ1) is 3.91. The van der Waals surface area contributed by atoms with E-state index in [-0.39, 0.29) is 0 Å². The maximum atomic E-state index is 3.41. The molecular weight excluding hydrogens is 180 g/mol. The van der Waals surface area contributed by atoms with E-state index in [1.165, 1.54) is 47.3 Å². The summed E-state index contributed by atoms with van der Waals surface area (Å²) in [5, 5.41) is 1.19. The normalized spacial score (nSPS) is 10.1. The van der Waals surface area contributed by atoms with Gasteiger partial charge in [-0.1, -0.05) is 41.2 Å². The Labute approximate surface area is 63.6 Å². The minimum absolute atomic E-state index is 1.19. The van der Waals surface area contributed by atoms with Crippen molar-refractivity contribution in [3.05, 3.63) is 0 Å². The Morgan fingerprint density at radius 3 is 2.12 bits per heavy atom. The van der Waals surface area contributed by atoms with E-state index in [9.17, 15) is 0 Å². The summed E-state index contributed by atoms with van der Waals surface area (Å²) in [6.45, 7) is 0. The molecule has 50 valence electrons. The first kappa shape index (κ1) is 8.70. The van der Waals surface area contributed by atoms with Crippen molar-refractivity contribution >= 4 is 26.2 Å². The third-order valence-electron chi connectivity index (χ3n) is 1.24. The fourth-order valence-corrected chi connectivity index (χ4v) is 1.59. The summed E-state index contributed by atoms with van der Waals surface area (Å²) < 4.78 is 0. The minimum atomic E-state index is 1.19. The molecule has 0 saturated carbocycles. The van der Waals surface area contributed by atoms with E-state index in [1.54, 1.807) is 0 Å². The van der Waals surface area contributed by atoms with Crippen molar-refractivity contribution < 1.29 is 0 Å². The van der Waals surface area contributed by atoms with Crippen molar-refractivity contribution in [2.45, 2.75) is 31.7 Å². The molecule has 8 heavy (non-hydrogen) atoms. The SMILES string of the molecule is [SiH3]CCCCCCBr. The number of hydrogen-bond acceptors (Lipinski definition) is 0. The predicted molar refractivity (Wildman–Crippen MR) is 47.0 cm³/mol. The highest BCUT2D eigenvalue weighted by Crippen LogP contribution is 2.02. The predicted octanol–water partition coefficient (Wildman–Crippen LogP) is 1.73. The Balaban J connectivity index is 2.53. The van der Waals surface area contributed by atoms with Crippen molar-refractivity contribution in [2.75, 3.05) is 5.33 Å². The van der Waals surface area contributed by atoms with Gasteiger partial charge in [0.15, 0.2) is 0 Å². The van der Waals surface area contributed by atoms with Crippen LogP contribution < -0.4 is 0 Å². The van der Waals surface area contributed by atoms with Gasteiger partial charge in [0.05, 0.1) is 0 Å². The van der Waals surface area contributed by atoms with Gasteiger partial charge < -0.3 is 0 Å². The van der Waals surface area contributed by atoms with Gasteiger partial charge in [0.25, 0.3) is 0 Å². The van der Waals surface area contributed by atoms with Gasteiger partial charge in [0.2, 0.25) is 0 Å². The lowest BCUT2D eigenvalue weighted by Crippen LogP contribution is -1.77. The molecule has 0 unspecified atom stereocenters. The topological polar surface area (TPSA) is 0 Å². The molecule has 0 heterocycles. The van der Waals surface area contributed by atoms with Crippen LogP contribution in [0.4, 0.5) is 0 Å². The second-order valence-electron chi connectivity index (χ2n) is 2.10. The molecule has 0 atom stereocenters. The smallest absolute Gasteiger partial charge is 0.00313 e. The number of rotatable bonds is 5. The van der Waals surface area contributed by atoms with E-state index in [2.05, 4.69) is 15.9 Å². The Bertz CT molecular complexity index is 33.5. The van der Waals surface area contributed by atoms with Crippen molar-refractivity contribution in [2.24, 2.45) is 0 Å². The van der Waals surface area contributed by atoms with Crippen LogP contribution in [0.3, 0.4) is 0 Å². The first-order valence-corrected chi connectivity index (χ1v) is 6.01. The quantitative estimate of drug-likeness (QED) is 0.356. The standard InChI is InChI=1S/C6H15BrSi/c7-5-3-1-2-4-6-8/h1-6H2,8H3. The number of alkyl halides is 1. The second kappa shape index (κ2) is 7.70. The van der Waals surface area contributed by atoms with Crippen LogP contribution in [0.5, 0.6) is 0 Å². The fourth-order valence-electron chi connectivity index (χ4n) is 0.698. The zero-order chi connectivity index (χ0) is 6.24. The van der Waals surface area contributed by atoms with Crippen molar-refractivity contribution in [3.8, 4) is 0 Å². The van der Waals surface area contributed by atoms with Crippen LogP contribution in [0.15, 0.2) is 0 Å². The van der Waals surface area contributed by atoms with E-state index in [0.717, 1.165) is 0 Å². The summed E-state index contributed by atoms with van der Waals surface area (Å²) in [4.78, 5) is 0. The molecule has 0 aromatic heterocycles. The molecule has 0 aromatic rings. The van der Waals surface area contributed by atoms with Crippen LogP contribution in [0.2, 0.25) is 6.04 Å². The largest absolute Gasteiger partial charge is 0.0928 e. The van der Waals surface area contributed by atoms with Crippen LogP contribution in [0.1, 0.15) is 25.7 Å². The van der Waals surface area contributed by atoms with Gasteiger partial charge in [0, 0.05) is 15.6 Å². The lowest BCUT2D eigenvalue weighted by Gasteiger charge is -1.93. The third kappa shape index (κ3) is 6.70. The Morgan fingerprint density at radius 2 is 1.62 bits per heavy atom. The summed E-state index contributed by atoms with van der Waals surface area (Å²) in [7, 11) is 1.40. The van der Waals surface area contributed by atoms with Gasteiger partial charge in [0.1, 0.15) is 0 Å². The molecule has 2 heteroatoms. The summed E-state index contributed by atoms with van der Waals surface area (Å²) in [5.74, 6) is 0. The second-order valence-corrected chi connectivity index (χ2v) is 3.90. The van der Waals surface area contributed by atoms with Crippen LogP contribution >= 0.6 is 15.9 Å². The van der Waals surface area contributed by atoms with Crippen LogP contribution in [0.25, 0.3) is 0 Å². The monoisotopic (exact) mass is 194 g/mol. The lowest BCUT2D eigenvalue weighted by molar-refractivity contribution is 0.708. The molecule has 0 aliphatic rings. The molecule has 0 bridgehead atoms. The zero-order valence-corrected chi connectivity index (χ0v) is 9.21. The van der Waals surface area contributed by atoms with Crippen molar-refractivity contribution in [3.63, 3.8) is 0 Å². The maximum absolute atomic E-state index is 3.41. The molecule has 0 N–H and O–H groups in total. The lowest BCUT2D eigenvalue weighted by atomic mass is 10.2. The van der Waals surface area contributed by atoms with Gasteiger partial charge in [-0.3, -0.25) is 0 Å². The van der Waals surface area contributed by atoms with E-state index in [1.807, 2.05) is 0 Å². The van der Waals surface area contributed by atoms with Crippen LogP contribution in [-0.4, -0.2) is 15.6 Å². The van der Waals surface area contributed by atoms with E-state index in [0.29, 0.717) is 0 Å². The minimum Gasteiger partial charge on any atom is -0.0928 e. The Hall–Kier alpha value is 0.697. The average molecular weight is 195 g/mol. The third-order valence-corrected chi connectivity index (χ3v) is 2.51. The Morgan fingerprint density at radius 1 is 1.00 bits per heavy atom. The zero-order valence-electron chi connectivity index (χ0n) is 5.62. The van der Waals surface area contributed by atoms with Gasteiger partial charge in [-0.2, -0.15) is 0 Å². The highest BCUT2D eigenvalue weighted by atomic mass is 79.9. The molecule has 0 rings (SSSR count). The molecule has 0 amide bonds. The summed E-state index contributed by atoms with van der Waals surface area (Å²) >= 11 is 3.41. The van der Waals surface area contributed by atoms with E-state index in [4.69, 9.17) is 0 Å². The van der Waals surface area contributed by atoms with E-state index < -0.39 is 0 Å². The molecule has 0 nitrogen and oxygen atoms in total. The molecule has 0 spiro atoms. The molecule has 0 aliphatic carbocycles. The molecule has 0 fully saturated rings. The van der Waals surface area contributed by atoms with Crippen LogP contribution in [0, 0.1) is 0 Å². The summed E-state index contributed by atoms with van der Waals surface area (Å²) in [6.07, 6.45) is 5.71. The van der Waals surface area contributed by atoms with Gasteiger partial charge in [-0.15, -0.1) is 0 Å². The number of hydrogen-bond donors (Lipinski definition) is 0. The highest BCUT2D eigenvalue weighted by Gasteiger charge is 1.84. The molecule has 0 radical (unpaired) electrons. The van der Waals surface area contributed by atoms with Crippen LogP contribution in [-0.2, 0) is 0 Å². The summed E-state index contributed by atoms with van der Waals surface area (Å²) in [6, 6.07) is 1.49. The highest BCUT2D eigenvalue weighted by molar-refractivity contribution is 9.09. The van der Waals surface area contributed by atoms with Crippen molar-refractivity contribution in [1.82, 2.24) is 0 Å². The van der Waals surface area contributed by atoms with Crippen molar-refractivity contribution in [1.29, 1.82) is 0 Å². The number of halogens is 1. The molecular formula is C6H15BrSi. The maximum Gasteiger partial charge on any atom is 0.00313 e. The molecule has 0 aliphatic heterocycles. The number of unbranched alkanes of at least 4 members (excludes halogenated alkanes) is 3. The molecule has 0 saturated heterocycles. The van der Waals surface area contributed by atoms with Gasteiger partial charge in [-0.05, 0) is 6.42 Å². The summed E-state index contributed by atoms with van der Waals surface area (Å²) in [5.41, 5.74) is 0. The van der Waals surface area contributed by atoms with Gasteiger partial charge in [-0.25, -0.2) is 0 Å². The fraction of sp³-hybridized carbons (Fsp3) is 1.00. The van der Waals surface area contributed by atoms with E-state index >= 15 is 0 Å². The molecule has 0 aromatic carbocycles. The average Bonchev–Trinajstić information content (AvgIpc) is 1.81. The Kier molecular flexibility index (Phi) is 8.37. The first-order valence-electron chi connectivity index (χ1n) is 3.47.